The van der Waals surface area contributed by atoms with Crippen LogP contribution in [0.4, 0.5) is 5.69 Å². The molecule has 5 nitrogen and oxygen atoms in total. The smallest absolute Gasteiger partial charge is 0.265 e. The van der Waals surface area contributed by atoms with E-state index in [1.807, 2.05) is 19.1 Å². The van der Waals surface area contributed by atoms with E-state index in [9.17, 15) is 9.59 Å². The Morgan fingerprint density at radius 3 is 2.59 bits per heavy atom. The molecule has 1 atom stereocenters. The second-order valence-corrected chi connectivity index (χ2v) is 7.23. The Morgan fingerprint density at radius 2 is 1.83 bits per heavy atom. The van der Waals surface area contributed by atoms with Gasteiger partial charge in [-0.3, -0.25) is 9.59 Å². The highest BCUT2D eigenvalue weighted by molar-refractivity contribution is 6.30. The lowest BCUT2D eigenvalue weighted by atomic mass is 10.1. The van der Waals surface area contributed by atoms with E-state index in [1.165, 1.54) is 0 Å². The van der Waals surface area contributed by atoms with Crippen LogP contribution in [0.25, 0.3) is 21.9 Å². The summed E-state index contributed by atoms with van der Waals surface area (Å²) in [5.74, 6) is 0.224. The van der Waals surface area contributed by atoms with Crippen LogP contribution in [-0.2, 0) is 4.79 Å². The third-order valence-corrected chi connectivity index (χ3v) is 4.91. The topological polar surface area (TPSA) is 68.5 Å². The summed E-state index contributed by atoms with van der Waals surface area (Å²) in [6.45, 7) is 3.54. The average Bonchev–Trinajstić information content (AvgIpc) is 2.70. The Bertz CT molecular complexity index is 1280. The lowest BCUT2D eigenvalue weighted by molar-refractivity contribution is -0.122. The van der Waals surface area contributed by atoms with Crippen molar-refractivity contribution in [2.45, 2.75) is 20.0 Å². The van der Waals surface area contributed by atoms with Crippen LogP contribution in [-0.4, -0.2) is 12.0 Å². The summed E-state index contributed by atoms with van der Waals surface area (Å²) in [7, 11) is 0. The van der Waals surface area contributed by atoms with Gasteiger partial charge in [-0.15, -0.1) is 0 Å². The van der Waals surface area contributed by atoms with Gasteiger partial charge in [0.2, 0.25) is 5.43 Å². The molecule has 0 aliphatic heterocycles. The van der Waals surface area contributed by atoms with E-state index < -0.39 is 6.10 Å². The summed E-state index contributed by atoms with van der Waals surface area (Å²) in [6.07, 6.45) is -0.724. The molecular formula is C23H18ClNO4. The number of rotatable bonds is 4. The molecular weight excluding hydrogens is 390 g/mol. The molecule has 0 saturated carbocycles. The molecule has 1 heterocycles. The summed E-state index contributed by atoms with van der Waals surface area (Å²) in [6, 6.07) is 17.2. The van der Waals surface area contributed by atoms with Crippen molar-refractivity contribution >= 4 is 45.1 Å². The maximum atomic E-state index is 12.7. The van der Waals surface area contributed by atoms with Crippen molar-refractivity contribution in [1.82, 2.24) is 0 Å². The maximum Gasteiger partial charge on any atom is 0.265 e. The first kappa shape index (κ1) is 19.0. The van der Waals surface area contributed by atoms with Gasteiger partial charge in [0.15, 0.2) is 6.10 Å². The van der Waals surface area contributed by atoms with Crippen molar-refractivity contribution in [2.24, 2.45) is 0 Å². The molecule has 0 aliphatic carbocycles. The first-order chi connectivity index (χ1) is 13.9. The molecule has 0 saturated heterocycles. The molecule has 4 rings (SSSR count). The minimum atomic E-state index is -0.724. The first-order valence-corrected chi connectivity index (χ1v) is 9.49. The maximum absolute atomic E-state index is 12.7. The van der Waals surface area contributed by atoms with Crippen LogP contribution in [0, 0.1) is 6.92 Å². The summed E-state index contributed by atoms with van der Waals surface area (Å²) < 4.78 is 11.6. The van der Waals surface area contributed by atoms with Crippen LogP contribution < -0.4 is 15.5 Å². The number of nitrogens with one attached hydrogen (secondary N) is 1. The van der Waals surface area contributed by atoms with E-state index in [4.69, 9.17) is 20.8 Å². The number of para-hydroxylation sites is 1. The number of fused-ring (bicyclic) bond motifs is 2. The van der Waals surface area contributed by atoms with Crippen molar-refractivity contribution < 1.29 is 13.9 Å². The molecule has 146 valence electrons. The number of anilines is 1. The number of ether oxygens (including phenoxy) is 1. The lowest BCUT2D eigenvalue weighted by Crippen LogP contribution is -2.30. The highest BCUT2D eigenvalue weighted by atomic mass is 35.5. The molecule has 0 radical (unpaired) electrons. The van der Waals surface area contributed by atoms with Gasteiger partial charge in [-0.25, -0.2) is 0 Å². The van der Waals surface area contributed by atoms with E-state index in [2.05, 4.69) is 5.32 Å². The number of carbonyl (C=O) groups excluding carboxylic acids is 1. The fraction of sp³-hybridized carbons (Fsp3) is 0.130. The molecule has 29 heavy (non-hydrogen) atoms. The number of amides is 1. The predicted octanol–water partition coefficient (Wildman–Crippen LogP) is 5.31. The van der Waals surface area contributed by atoms with E-state index in [-0.39, 0.29) is 11.3 Å². The van der Waals surface area contributed by atoms with Crippen molar-refractivity contribution in [3.8, 4) is 5.75 Å². The molecule has 1 unspecified atom stereocenters. The van der Waals surface area contributed by atoms with Gasteiger partial charge >= 0.3 is 0 Å². The fourth-order valence-electron chi connectivity index (χ4n) is 3.11. The lowest BCUT2D eigenvalue weighted by Gasteiger charge is -2.15. The van der Waals surface area contributed by atoms with E-state index >= 15 is 0 Å². The number of hydrogen-bond donors (Lipinski definition) is 1. The third-order valence-electron chi connectivity index (χ3n) is 4.66. The van der Waals surface area contributed by atoms with Crippen molar-refractivity contribution in [2.75, 3.05) is 5.32 Å². The normalized spacial score (nSPS) is 12.1. The number of aryl methyl sites for hydroxylation is 1. The molecule has 0 bridgehead atoms. The number of hydrogen-bond acceptors (Lipinski definition) is 4. The summed E-state index contributed by atoms with van der Waals surface area (Å²) >= 11 is 5.86. The Hall–Kier alpha value is -3.31. The Morgan fingerprint density at radius 1 is 1.07 bits per heavy atom. The van der Waals surface area contributed by atoms with Gasteiger partial charge in [0, 0.05) is 16.8 Å². The Kier molecular flexibility index (Phi) is 4.99. The Labute approximate surface area is 171 Å². The van der Waals surface area contributed by atoms with Gasteiger partial charge in [-0.05, 0) is 61.9 Å². The molecule has 0 fully saturated rings. The molecule has 1 N–H and O–H groups in total. The molecule has 6 heteroatoms. The molecule has 0 spiro atoms. The van der Waals surface area contributed by atoms with Crippen molar-refractivity contribution in [1.29, 1.82) is 0 Å². The average molecular weight is 408 g/mol. The van der Waals surface area contributed by atoms with Crippen LogP contribution in [0.5, 0.6) is 5.75 Å². The van der Waals surface area contributed by atoms with Gasteiger partial charge in [0.1, 0.15) is 16.9 Å². The minimum absolute atomic E-state index is 0.0951. The molecule has 0 aliphatic rings. The van der Waals surface area contributed by atoms with Gasteiger partial charge in [-0.1, -0.05) is 23.7 Å². The van der Waals surface area contributed by atoms with Crippen LogP contribution >= 0.6 is 11.6 Å². The Balaban J connectivity index is 1.60. The monoisotopic (exact) mass is 407 g/mol. The van der Waals surface area contributed by atoms with Crippen molar-refractivity contribution in [3.63, 3.8) is 0 Å². The van der Waals surface area contributed by atoms with Crippen LogP contribution in [0.2, 0.25) is 5.02 Å². The second kappa shape index (κ2) is 7.60. The second-order valence-electron chi connectivity index (χ2n) is 6.80. The first-order valence-electron chi connectivity index (χ1n) is 9.11. The van der Waals surface area contributed by atoms with Gasteiger partial charge < -0.3 is 14.5 Å². The third kappa shape index (κ3) is 3.82. The van der Waals surface area contributed by atoms with Gasteiger partial charge in [-0.2, -0.15) is 0 Å². The summed E-state index contributed by atoms with van der Waals surface area (Å²) in [4.78, 5) is 25.2. The summed E-state index contributed by atoms with van der Waals surface area (Å²) in [5, 5.41) is 4.39. The van der Waals surface area contributed by atoms with Crippen LogP contribution in [0.15, 0.2) is 69.9 Å². The number of carbonyl (C=O) groups is 1. The number of benzene rings is 3. The van der Waals surface area contributed by atoms with Crippen LogP contribution in [0.3, 0.4) is 0 Å². The quantitative estimate of drug-likeness (QED) is 0.465. The largest absolute Gasteiger partial charge is 0.481 e. The number of halogens is 1. The van der Waals surface area contributed by atoms with E-state index in [1.54, 1.807) is 55.5 Å². The highest BCUT2D eigenvalue weighted by Gasteiger charge is 2.16. The minimum Gasteiger partial charge on any atom is -0.481 e. The van der Waals surface area contributed by atoms with E-state index in [0.29, 0.717) is 38.4 Å². The molecule has 4 aromatic rings. The zero-order valence-electron chi connectivity index (χ0n) is 15.9. The zero-order chi connectivity index (χ0) is 20.5. The molecule has 3 aromatic carbocycles. The highest BCUT2D eigenvalue weighted by Crippen LogP contribution is 2.24. The SMILES string of the molecule is Cc1cccc2c(=O)c3ccc(NC(=O)C(C)Oc4ccc(Cl)cc4)cc3oc12. The molecule has 1 aromatic heterocycles. The van der Waals surface area contributed by atoms with E-state index in [0.717, 1.165) is 5.56 Å². The van der Waals surface area contributed by atoms with Crippen molar-refractivity contribution in [3.05, 3.63) is 81.5 Å². The molecule has 1 amide bonds. The zero-order valence-corrected chi connectivity index (χ0v) is 16.6. The predicted molar refractivity (Wildman–Crippen MR) is 115 cm³/mol. The summed E-state index contributed by atoms with van der Waals surface area (Å²) in [5.41, 5.74) is 2.27. The standard InChI is InChI=1S/C23H18ClNO4/c1-13-4-3-5-19-21(26)18-11-8-16(12-20(18)29-22(13)19)25-23(27)14(2)28-17-9-6-15(24)7-10-17/h3-12,14H,1-2H3,(H,25,27). The fourth-order valence-corrected chi connectivity index (χ4v) is 3.23. The van der Waals surface area contributed by atoms with Crippen LogP contribution in [0.1, 0.15) is 12.5 Å². The van der Waals surface area contributed by atoms with Gasteiger partial charge in [0.05, 0.1) is 10.8 Å². The van der Waals surface area contributed by atoms with Gasteiger partial charge in [0.25, 0.3) is 5.91 Å².